The highest BCUT2D eigenvalue weighted by molar-refractivity contribution is 6.26. The van der Waals surface area contributed by atoms with Crippen LogP contribution in [-0.2, 0) is 0 Å². The van der Waals surface area contributed by atoms with Crippen LogP contribution in [0.3, 0.4) is 0 Å². The molecule has 0 amide bonds. The fourth-order valence-electron chi connectivity index (χ4n) is 5.73. The number of imidazole rings is 1. The van der Waals surface area contributed by atoms with E-state index in [0.717, 1.165) is 49.6 Å². The van der Waals surface area contributed by atoms with Gasteiger partial charge in [0.2, 0.25) is 0 Å². The molecule has 0 spiro atoms. The Balaban J connectivity index is 1.73. The molecular formula is C31H19N3O. The van der Waals surface area contributed by atoms with E-state index in [1.54, 1.807) is 6.07 Å². The minimum Gasteiger partial charge on any atom is -0.508 e. The second-order valence-corrected chi connectivity index (χ2v) is 9.03. The quantitative estimate of drug-likeness (QED) is 0.262. The molecular weight excluding hydrogens is 430 g/mol. The standard InChI is InChI=1S/C31H19N3O/c35-20-14-15-21-22-16-17-28-29(23-10-4-6-12-26(23)33(28)19-8-2-1-3-9-19)30(22)34-27-13-7-5-11-25(27)32-31(34)24(21)18-20/h1-18,35H. The van der Waals surface area contributed by atoms with Crippen molar-refractivity contribution in [2.75, 3.05) is 0 Å². The predicted octanol–water partition coefficient (Wildman–Crippen LogP) is 7.60. The number of benzene rings is 5. The number of phenolic OH excluding ortho intramolecular Hbond substituents is 1. The van der Waals surface area contributed by atoms with Crippen LogP contribution in [0.5, 0.6) is 5.75 Å². The first-order valence-electron chi connectivity index (χ1n) is 11.7. The Hall–Kier alpha value is -4.83. The van der Waals surface area contributed by atoms with E-state index in [1.807, 2.05) is 18.2 Å². The molecule has 1 N–H and O–H groups in total. The van der Waals surface area contributed by atoms with E-state index in [-0.39, 0.29) is 5.75 Å². The zero-order valence-corrected chi connectivity index (χ0v) is 18.7. The monoisotopic (exact) mass is 449 g/mol. The van der Waals surface area contributed by atoms with E-state index in [9.17, 15) is 5.11 Å². The van der Waals surface area contributed by atoms with Gasteiger partial charge in [0.15, 0.2) is 0 Å². The summed E-state index contributed by atoms with van der Waals surface area (Å²) >= 11 is 0. The Morgan fingerprint density at radius 1 is 0.571 bits per heavy atom. The molecule has 8 rings (SSSR count). The zero-order chi connectivity index (χ0) is 23.1. The number of hydrogen-bond donors (Lipinski definition) is 1. The van der Waals surface area contributed by atoms with Gasteiger partial charge in [0.05, 0.1) is 27.6 Å². The van der Waals surface area contributed by atoms with Crippen LogP contribution < -0.4 is 0 Å². The molecule has 0 unspecified atom stereocenters. The van der Waals surface area contributed by atoms with Crippen LogP contribution in [0.25, 0.3) is 65.8 Å². The van der Waals surface area contributed by atoms with E-state index < -0.39 is 0 Å². The third kappa shape index (κ3) is 2.38. The average molecular weight is 450 g/mol. The van der Waals surface area contributed by atoms with Gasteiger partial charge in [-0.25, -0.2) is 4.98 Å². The Bertz CT molecular complexity index is 2120. The maximum atomic E-state index is 10.3. The van der Waals surface area contributed by atoms with Gasteiger partial charge in [-0.05, 0) is 60.0 Å². The first-order chi connectivity index (χ1) is 17.3. The Morgan fingerprint density at radius 3 is 2.20 bits per heavy atom. The van der Waals surface area contributed by atoms with Gasteiger partial charge in [-0.15, -0.1) is 0 Å². The molecule has 0 saturated carbocycles. The van der Waals surface area contributed by atoms with Crippen LogP contribution in [0.2, 0.25) is 0 Å². The van der Waals surface area contributed by atoms with Crippen molar-refractivity contribution in [1.82, 2.24) is 14.0 Å². The van der Waals surface area contributed by atoms with Crippen LogP contribution in [0.1, 0.15) is 0 Å². The van der Waals surface area contributed by atoms with Gasteiger partial charge in [-0.2, -0.15) is 0 Å². The summed E-state index contributed by atoms with van der Waals surface area (Å²) in [6.07, 6.45) is 0. The second kappa shape index (κ2) is 6.61. The number of phenols is 1. The molecule has 0 fully saturated rings. The molecule has 0 atom stereocenters. The van der Waals surface area contributed by atoms with Crippen molar-refractivity contribution in [3.63, 3.8) is 0 Å². The van der Waals surface area contributed by atoms with E-state index >= 15 is 0 Å². The minimum atomic E-state index is 0.243. The average Bonchev–Trinajstić information content (AvgIpc) is 3.45. The van der Waals surface area contributed by atoms with Crippen molar-refractivity contribution in [1.29, 1.82) is 0 Å². The maximum absolute atomic E-state index is 10.3. The summed E-state index contributed by atoms with van der Waals surface area (Å²) in [6.45, 7) is 0. The Labute approximate surface area is 199 Å². The van der Waals surface area contributed by atoms with Gasteiger partial charge in [0.25, 0.3) is 0 Å². The van der Waals surface area contributed by atoms with Crippen LogP contribution in [0.15, 0.2) is 109 Å². The largest absolute Gasteiger partial charge is 0.508 e. The number of para-hydroxylation sites is 4. The molecule has 8 aromatic rings. The molecule has 5 aromatic carbocycles. The topological polar surface area (TPSA) is 42.5 Å². The summed E-state index contributed by atoms with van der Waals surface area (Å²) in [6, 6.07) is 37.4. The fraction of sp³-hybridized carbons (Fsp3) is 0. The first-order valence-corrected chi connectivity index (χ1v) is 11.7. The highest BCUT2D eigenvalue weighted by Crippen LogP contribution is 2.41. The normalized spacial score (nSPS) is 12.1. The van der Waals surface area contributed by atoms with Gasteiger partial charge < -0.3 is 9.67 Å². The summed E-state index contributed by atoms with van der Waals surface area (Å²) < 4.78 is 4.62. The van der Waals surface area contributed by atoms with Gasteiger partial charge in [0, 0.05) is 27.2 Å². The predicted molar refractivity (Wildman–Crippen MR) is 144 cm³/mol. The van der Waals surface area contributed by atoms with E-state index in [2.05, 4.69) is 93.9 Å². The van der Waals surface area contributed by atoms with Gasteiger partial charge in [-0.1, -0.05) is 54.6 Å². The number of aromatic hydroxyl groups is 1. The lowest BCUT2D eigenvalue weighted by Crippen LogP contribution is -1.95. The van der Waals surface area contributed by atoms with E-state index in [4.69, 9.17) is 4.98 Å². The zero-order valence-electron chi connectivity index (χ0n) is 18.7. The third-order valence-corrected chi connectivity index (χ3v) is 7.14. The van der Waals surface area contributed by atoms with Crippen molar-refractivity contribution in [3.05, 3.63) is 109 Å². The first kappa shape index (κ1) is 18.6. The maximum Gasteiger partial charge on any atom is 0.146 e. The number of rotatable bonds is 1. The molecule has 4 heteroatoms. The van der Waals surface area contributed by atoms with Crippen LogP contribution in [-0.4, -0.2) is 19.1 Å². The summed E-state index contributed by atoms with van der Waals surface area (Å²) in [7, 11) is 0. The summed E-state index contributed by atoms with van der Waals surface area (Å²) in [5.41, 5.74) is 7.45. The van der Waals surface area contributed by atoms with Crippen molar-refractivity contribution >= 4 is 60.2 Å². The lowest BCUT2D eigenvalue weighted by Gasteiger charge is -2.12. The molecule has 0 saturated heterocycles. The molecule has 0 radical (unpaired) electrons. The Kier molecular flexibility index (Phi) is 3.51. The third-order valence-electron chi connectivity index (χ3n) is 7.14. The molecule has 4 nitrogen and oxygen atoms in total. The van der Waals surface area contributed by atoms with Gasteiger partial charge in [-0.3, -0.25) is 4.40 Å². The smallest absolute Gasteiger partial charge is 0.146 e. The van der Waals surface area contributed by atoms with Gasteiger partial charge >= 0.3 is 0 Å². The second-order valence-electron chi connectivity index (χ2n) is 9.03. The van der Waals surface area contributed by atoms with E-state index in [1.165, 1.54) is 16.3 Å². The summed E-state index contributed by atoms with van der Waals surface area (Å²) in [5.74, 6) is 0.243. The molecule has 0 bridgehead atoms. The number of fused-ring (bicyclic) bond motifs is 12. The SMILES string of the molecule is Oc1ccc2c(c1)c1nc3ccccc3n1c1c2ccc2c1c1ccccc1n2-c1ccccc1. The molecule has 0 aliphatic carbocycles. The number of nitrogens with zero attached hydrogens (tertiary/aromatic N) is 3. The molecule has 0 aliphatic rings. The molecule has 3 aromatic heterocycles. The van der Waals surface area contributed by atoms with Crippen molar-refractivity contribution < 1.29 is 5.11 Å². The van der Waals surface area contributed by atoms with Crippen molar-refractivity contribution in [3.8, 4) is 11.4 Å². The van der Waals surface area contributed by atoms with Crippen molar-refractivity contribution in [2.45, 2.75) is 0 Å². The number of hydrogen-bond acceptors (Lipinski definition) is 2. The lowest BCUT2D eigenvalue weighted by molar-refractivity contribution is 0.476. The number of pyridine rings is 1. The van der Waals surface area contributed by atoms with Gasteiger partial charge in [0.1, 0.15) is 11.4 Å². The van der Waals surface area contributed by atoms with Crippen LogP contribution >= 0.6 is 0 Å². The minimum absolute atomic E-state index is 0.243. The number of aromatic nitrogens is 3. The highest BCUT2D eigenvalue weighted by atomic mass is 16.3. The van der Waals surface area contributed by atoms with Crippen LogP contribution in [0.4, 0.5) is 0 Å². The molecule has 35 heavy (non-hydrogen) atoms. The molecule has 0 aliphatic heterocycles. The van der Waals surface area contributed by atoms with Crippen LogP contribution in [0, 0.1) is 0 Å². The summed E-state index contributed by atoms with van der Waals surface area (Å²) in [4.78, 5) is 5.03. The summed E-state index contributed by atoms with van der Waals surface area (Å²) in [5, 5.41) is 15.9. The highest BCUT2D eigenvalue weighted by Gasteiger charge is 2.20. The van der Waals surface area contributed by atoms with E-state index in [0.29, 0.717) is 0 Å². The van der Waals surface area contributed by atoms with Crippen molar-refractivity contribution in [2.24, 2.45) is 0 Å². The lowest BCUT2D eigenvalue weighted by atomic mass is 10.0. The Morgan fingerprint density at radius 2 is 1.31 bits per heavy atom. The molecule has 164 valence electrons. The fourth-order valence-corrected chi connectivity index (χ4v) is 5.73. The molecule has 3 heterocycles.